The normalized spacial score (nSPS) is 10.5. The number of ether oxygens (including phenoxy) is 1. The Morgan fingerprint density at radius 2 is 2.00 bits per heavy atom. The Labute approximate surface area is 173 Å². The highest BCUT2D eigenvalue weighted by Gasteiger charge is 2.16. The Kier molecular flexibility index (Phi) is 6.32. The van der Waals surface area contributed by atoms with Gasteiger partial charge in [-0.3, -0.25) is 4.79 Å². The zero-order valence-electron chi connectivity index (χ0n) is 14.8. The molecule has 1 heterocycles. The minimum Gasteiger partial charge on any atom is -0.465 e. The first-order valence-electron chi connectivity index (χ1n) is 8.06. The monoisotopic (exact) mass is 461 g/mol. The van der Waals surface area contributed by atoms with E-state index in [2.05, 4.69) is 36.2 Å². The molecular weight excluding hydrogens is 446 g/mol. The van der Waals surface area contributed by atoms with Crippen molar-refractivity contribution in [1.29, 1.82) is 0 Å². The number of hydrogen-bond donors (Lipinski definition) is 2. The summed E-state index contributed by atoms with van der Waals surface area (Å²) in [7, 11) is 1.30. The van der Waals surface area contributed by atoms with Gasteiger partial charge in [-0.2, -0.15) is 0 Å². The van der Waals surface area contributed by atoms with Crippen LogP contribution in [-0.4, -0.2) is 39.6 Å². The molecule has 2 aromatic carbocycles. The summed E-state index contributed by atoms with van der Waals surface area (Å²) in [4.78, 5) is 23.8. The summed E-state index contributed by atoms with van der Waals surface area (Å²) in [5.41, 5.74) is 1.65. The van der Waals surface area contributed by atoms with E-state index < -0.39 is 5.97 Å². The summed E-state index contributed by atoms with van der Waals surface area (Å²) < 4.78 is 6.86. The summed E-state index contributed by atoms with van der Waals surface area (Å²) in [6.07, 6.45) is 0. The number of anilines is 1. The highest BCUT2D eigenvalue weighted by molar-refractivity contribution is 9.10. The number of nitrogen functional groups attached to an aromatic ring is 1. The fraction of sp³-hybridized carbons (Fsp3) is 0.111. The van der Waals surface area contributed by atoms with Crippen LogP contribution < -0.4 is 11.2 Å². The van der Waals surface area contributed by atoms with E-state index >= 15 is 0 Å². The Morgan fingerprint density at radius 3 is 2.75 bits per heavy atom. The Bertz CT molecular complexity index is 1020. The minimum atomic E-state index is -0.471. The number of halogens is 1. The van der Waals surface area contributed by atoms with Crippen LogP contribution in [0.5, 0.6) is 0 Å². The van der Waals surface area contributed by atoms with Crippen molar-refractivity contribution < 1.29 is 14.3 Å². The van der Waals surface area contributed by atoms with Crippen molar-refractivity contribution in [2.45, 2.75) is 5.16 Å². The second-order valence-electron chi connectivity index (χ2n) is 5.57. The lowest BCUT2D eigenvalue weighted by atomic mass is 10.2. The third-order valence-corrected chi connectivity index (χ3v) is 5.31. The van der Waals surface area contributed by atoms with Crippen LogP contribution in [0, 0.1) is 0 Å². The molecule has 0 aliphatic carbocycles. The summed E-state index contributed by atoms with van der Waals surface area (Å²) >= 11 is 4.61. The molecule has 0 saturated heterocycles. The molecular formula is C18H16BrN5O3S. The van der Waals surface area contributed by atoms with E-state index in [1.54, 1.807) is 24.3 Å². The molecule has 0 saturated carbocycles. The fourth-order valence-corrected chi connectivity index (χ4v) is 3.49. The van der Waals surface area contributed by atoms with Gasteiger partial charge in [-0.25, -0.2) is 9.47 Å². The van der Waals surface area contributed by atoms with Gasteiger partial charge in [-0.15, -0.1) is 10.2 Å². The zero-order valence-corrected chi connectivity index (χ0v) is 17.2. The number of hydrogen-bond acceptors (Lipinski definition) is 7. The van der Waals surface area contributed by atoms with Crippen LogP contribution in [-0.2, 0) is 9.53 Å². The predicted molar refractivity (Wildman–Crippen MR) is 110 cm³/mol. The van der Waals surface area contributed by atoms with Gasteiger partial charge < -0.3 is 15.9 Å². The van der Waals surface area contributed by atoms with E-state index in [0.29, 0.717) is 22.2 Å². The summed E-state index contributed by atoms with van der Waals surface area (Å²) in [5.74, 6) is 5.91. The first-order chi connectivity index (χ1) is 13.5. The highest BCUT2D eigenvalue weighted by atomic mass is 79.9. The van der Waals surface area contributed by atoms with Gasteiger partial charge in [0.05, 0.1) is 18.4 Å². The van der Waals surface area contributed by atoms with Gasteiger partial charge in [0.2, 0.25) is 11.1 Å². The number of esters is 1. The number of methoxy groups -OCH3 is 1. The number of nitrogens with one attached hydrogen (secondary N) is 1. The molecule has 144 valence electrons. The van der Waals surface area contributed by atoms with Gasteiger partial charge in [0, 0.05) is 15.7 Å². The number of amides is 1. The minimum absolute atomic E-state index is 0.0771. The lowest BCUT2D eigenvalue weighted by Crippen LogP contribution is -2.16. The smallest absolute Gasteiger partial charge is 0.337 e. The van der Waals surface area contributed by atoms with Crippen molar-refractivity contribution in [3.05, 3.63) is 58.6 Å². The third kappa shape index (κ3) is 4.52. The molecule has 0 atom stereocenters. The highest BCUT2D eigenvalue weighted by Crippen LogP contribution is 2.27. The molecule has 0 aliphatic heterocycles. The molecule has 1 aromatic heterocycles. The quantitative estimate of drug-likeness (QED) is 0.329. The van der Waals surface area contributed by atoms with Gasteiger partial charge in [-0.1, -0.05) is 45.9 Å². The maximum atomic E-state index is 12.2. The maximum Gasteiger partial charge on any atom is 0.337 e. The molecule has 8 nitrogen and oxygen atoms in total. The van der Waals surface area contributed by atoms with Gasteiger partial charge in [0.25, 0.3) is 0 Å². The molecule has 0 fully saturated rings. The zero-order chi connectivity index (χ0) is 20.1. The van der Waals surface area contributed by atoms with Crippen LogP contribution in [0.15, 0.2) is 58.2 Å². The van der Waals surface area contributed by atoms with Gasteiger partial charge in [0.15, 0.2) is 5.82 Å². The number of thioether (sulfide) groups is 1. The Hall–Kier alpha value is -2.85. The lowest BCUT2D eigenvalue weighted by molar-refractivity contribution is -0.113. The molecule has 3 N–H and O–H groups in total. The van der Waals surface area contributed by atoms with Crippen LogP contribution in [0.4, 0.5) is 5.69 Å². The van der Waals surface area contributed by atoms with Crippen LogP contribution >= 0.6 is 27.7 Å². The number of nitrogens with two attached hydrogens (primary N) is 1. The van der Waals surface area contributed by atoms with Crippen molar-refractivity contribution in [3.8, 4) is 11.4 Å². The van der Waals surface area contributed by atoms with Crippen LogP contribution in [0.2, 0.25) is 0 Å². The Balaban J connectivity index is 1.64. The summed E-state index contributed by atoms with van der Waals surface area (Å²) in [6.45, 7) is 0. The second kappa shape index (κ2) is 8.89. The second-order valence-corrected chi connectivity index (χ2v) is 7.36. The van der Waals surface area contributed by atoms with Crippen molar-refractivity contribution in [3.63, 3.8) is 0 Å². The standard InChI is InChI=1S/C18H16BrN5O3S/c1-27-17(26)11-5-4-6-12(9-11)21-15(25)10-28-18-23-22-16(24(18)20)13-7-2-3-8-14(13)19/h2-9H,10,20H2,1H3,(H,21,25). The van der Waals surface area contributed by atoms with Gasteiger partial charge in [-0.05, 0) is 30.3 Å². The average Bonchev–Trinajstić information content (AvgIpc) is 3.06. The van der Waals surface area contributed by atoms with Gasteiger partial charge >= 0.3 is 5.97 Å². The van der Waals surface area contributed by atoms with E-state index in [9.17, 15) is 9.59 Å². The molecule has 3 rings (SSSR count). The first kappa shape index (κ1) is 19.9. The molecule has 0 radical (unpaired) electrons. The molecule has 10 heteroatoms. The number of nitrogens with zero attached hydrogens (tertiary/aromatic N) is 3. The molecule has 0 bridgehead atoms. The average molecular weight is 462 g/mol. The lowest BCUT2D eigenvalue weighted by Gasteiger charge is -2.07. The number of rotatable bonds is 6. The molecule has 0 spiro atoms. The topological polar surface area (TPSA) is 112 Å². The van der Waals surface area contributed by atoms with Crippen molar-refractivity contribution in [2.75, 3.05) is 24.0 Å². The predicted octanol–water partition coefficient (Wildman–Crippen LogP) is 2.94. The van der Waals surface area contributed by atoms with E-state index in [1.807, 2.05) is 24.3 Å². The SMILES string of the molecule is COC(=O)c1cccc(NC(=O)CSc2nnc(-c3ccccc3Br)n2N)c1. The number of aromatic nitrogens is 3. The fourth-order valence-electron chi connectivity index (χ4n) is 2.37. The molecule has 0 unspecified atom stereocenters. The summed E-state index contributed by atoms with van der Waals surface area (Å²) in [5, 5.41) is 11.3. The van der Waals surface area contributed by atoms with E-state index in [4.69, 9.17) is 5.84 Å². The van der Waals surface area contributed by atoms with Crippen molar-refractivity contribution in [1.82, 2.24) is 14.9 Å². The molecule has 3 aromatic rings. The number of carbonyl (C=O) groups is 2. The number of benzene rings is 2. The largest absolute Gasteiger partial charge is 0.465 e. The van der Waals surface area contributed by atoms with Gasteiger partial charge in [0.1, 0.15) is 0 Å². The first-order valence-corrected chi connectivity index (χ1v) is 9.84. The van der Waals surface area contributed by atoms with Crippen LogP contribution in [0.25, 0.3) is 11.4 Å². The van der Waals surface area contributed by atoms with Crippen LogP contribution in [0.3, 0.4) is 0 Å². The van der Waals surface area contributed by atoms with Crippen molar-refractivity contribution in [2.24, 2.45) is 0 Å². The molecule has 1 amide bonds. The van der Waals surface area contributed by atoms with Crippen LogP contribution in [0.1, 0.15) is 10.4 Å². The molecule has 0 aliphatic rings. The number of carbonyl (C=O) groups excluding carboxylic acids is 2. The molecule has 28 heavy (non-hydrogen) atoms. The van der Waals surface area contributed by atoms with E-state index in [0.717, 1.165) is 21.8 Å². The summed E-state index contributed by atoms with van der Waals surface area (Å²) in [6, 6.07) is 14.0. The third-order valence-electron chi connectivity index (χ3n) is 3.68. The van der Waals surface area contributed by atoms with E-state index in [1.165, 1.54) is 11.8 Å². The van der Waals surface area contributed by atoms with E-state index in [-0.39, 0.29) is 11.7 Å². The maximum absolute atomic E-state index is 12.2. The Morgan fingerprint density at radius 1 is 1.21 bits per heavy atom. The van der Waals surface area contributed by atoms with Crippen molar-refractivity contribution >= 4 is 45.3 Å².